The molecule has 1 aliphatic rings. The molecule has 0 aliphatic carbocycles. The first-order chi connectivity index (χ1) is 15.0. The Morgan fingerprint density at radius 1 is 1.19 bits per heavy atom. The zero-order valence-corrected chi connectivity index (χ0v) is 17.8. The van der Waals surface area contributed by atoms with E-state index >= 15 is 0 Å². The van der Waals surface area contributed by atoms with Gasteiger partial charge in [0, 0.05) is 24.9 Å². The molecule has 0 unspecified atom stereocenters. The zero-order chi connectivity index (χ0) is 21.8. The number of aromatic nitrogens is 2. The van der Waals surface area contributed by atoms with E-state index in [1.54, 1.807) is 25.6 Å². The third-order valence-electron chi connectivity index (χ3n) is 5.55. The van der Waals surface area contributed by atoms with Crippen molar-refractivity contribution < 1.29 is 13.9 Å². The maximum atomic E-state index is 13.1. The first-order valence-corrected chi connectivity index (χ1v) is 10.5. The first-order valence-electron chi connectivity index (χ1n) is 10.5. The van der Waals surface area contributed by atoms with Crippen LogP contribution in [-0.4, -0.2) is 40.6 Å². The third kappa shape index (κ3) is 4.85. The minimum absolute atomic E-state index is 0.0710. The van der Waals surface area contributed by atoms with Crippen LogP contribution in [0.3, 0.4) is 0 Å². The molecule has 4 rings (SSSR count). The number of benzene rings is 2. The topological polar surface area (TPSA) is 47.4 Å². The summed E-state index contributed by atoms with van der Waals surface area (Å²) in [4.78, 5) is 19.2. The van der Waals surface area contributed by atoms with Gasteiger partial charge in [-0.1, -0.05) is 18.2 Å². The van der Waals surface area contributed by atoms with Crippen molar-refractivity contribution in [3.05, 3.63) is 83.2 Å². The van der Waals surface area contributed by atoms with Crippen LogP contribution in [0.15, 0.2) is 60.6 Å². The largest absolute Gasteiger partial charge is 0.495 e. The van der Waals surface area contributed by atoms with E-state index < -0.39 is 0 Å². The number of hydrogen-bond donors (Lipinski definition) is 0. The summed E-state index contributed by atoms with van der Waals surface area (Å²) in [5.74, 6) is 0.553. The van der Waals surface area contributed by atoms with Gasteiger partial charge in [0.25, 0.3) is 0 Å². The molecule has 0 N–H and O–H groups in total. The Morgan fingerprint density at radius 2 is 2.00 bits per heavy atom. The average molecular weight is 420 g/mol. The van der Waals surface area contributed by atoms with Gasteiger partial charge in [0.1, 0.15) is 11.6 Å². The monoisotopic (exact) mass is 419 g/mol. The second-order valence-electron chi connectivity index (χ2n) is 7.80. The minimum atomic E-state index is -0.243. The fourth-order valence-corrected chi connectivity index (χ4v) is 3.89. The van der Waals surface area contributed by atoms with E-state index in [1.807, 2.05) is 46.9 Å². The van der Waals surface area contributed by atoms with Crippen molar-refractivity contribution in [2.45, 2.75) is 26.2 Å². The van der Waals surface area contributed by atoms with Crippen LogP contribution in [0, 0.1) is 12.7 Å². The van der Waals surface area contributed by atoms with Crippen LogP contribution >= 0.6 is 0 Å². The summed E-state index contributed by atoms with van der Waals surface area (Å²) >= 11 is 0. The first kappa shape index (κ1) is 20.8. The summed E-state index contributed by atoms with van der Waals surface area (Å²) in [5.41, 5.74) is 4.60. The van der Waals surface area contributed by atoms with Crippen molar-refractivity contribution in [2.75, 3.05) is 20.2 Å². The number of amides is 1. The van der Waals surface area contributed by atoms with Gasteiger partial charge < -0.3 is 14.2 Å². The quantitative estimate of drug-likeness (QED) is 0.550. The second kappa shape index (κ2) is 9.16. The highest BCUT2D eigenvalue weighted by Crippen LogP contribution is 2.27. The van der Waals surface area contributed by atoms with Gasteiger partial charge in [-0.15, -0.1) is 0 Å². The van der Waals surface area contributed by atoms with Crippen LogP contribution in [0.4, 0.5) is 4.39 Å². The number of hydrogen-bond acceptors (Lipinski definition) is 3. The van der Waals surface area contributed by atoms with Crippen molar-refractivity contribution in [3.63, 3.8) is 0 Å². The number of carbonyl (C=O) groups excluding carboxylic acids is 1. The van der Waals surface area contributed by atoms with Crippen molar-refractivity contribution >= 4 is 12.0 Å². The van der Waals surface area contributed by atoms with E-state index in [4.69, 9.17) is 4.74 Å². The number of imidazole rings is 1. The van der Waals surface area contributed by atoms with Gasteiger partial charge in [-0.25, -0.2) is 9.37 Å². The van der Waals surface area contributed by atoms with Gasteiger partial charge in [-0.2, -0.15) is 0 Å². The fourth-order valence-electron chi connectivity index (χ4n) is 3.89. The molecule has 1 fully saturated rings. The Balaban J connectivity index is 1.49. The van der Waals surface area contributed by atoms with Crippen LogP contribution in [0.5, 0.6) is 5.75 Å². The predicted molar refractivity (Wildman–Crippen MR) is 119 cm³/mol. The van der Waals surface area contributed by atoms with E-state index in [1.165, 1.54) is 12.1 Å². The number of rotatable bonds is 6. The van der Waals surface area contributed by atoms with Crippen molar-refractivity contribution in [1.29, 1.82) is 0 Å². The van der Waals surface area contributed by atoms with Crippen LogP contribution in [0.2, 0.25) is 0 Å². The van der Waals surface area contributed by atoms with Crippen molar-refractivity contribution in [2.24, 2.45) is 0 Å². The Labute approximate surface area is 181 Å². The standard InChI is InChI=1S/C25H26FN3O2/c1-18-16-29(17-27-18)23-10-7-20(15-24(23)31-2)14-21-4-3-12-28(25(21)30)13-11-19-5-8-22(26)9-6-19/h5-10,14-17H,3-4,11-13H2,1-2H3/b21-14+. The van der Waals surface area contributed by atoms with E-state index in [-0.39, 0.29) is 11.7 Å². The lowest BCUT2D eigenvalue weighted by atomic mass is 10.00. The number of halogens is 1. The summed E-state index contributed by atoms with van der Waals surface area (Å²) in [7, 11) is 1.64. The SMILES string of the molecule is COc1cc(/C=C2\CCCN(CCc3ccc(F)cc3)C2=O)ccc1-n1cnc(C)c1. The van der Waals surface area contributed by atoms with Gasteiger partial charge in [0.15, 0.2) is 0 Å². The number of carbonyl (C=O) groups is 1. The minimum Gasteiger partial charge on any atom is -0.495 e. The molecule has 0 radical (unpaired) electrons. The summed E-state index contributed by atoms with van der Waals surface area (Å²) in [6.45, 7) is 3.32. The molecule has 1 amide bonds. The van der Waals surface area contributed by atoms with Gasteiger partial charge in [0.2, 0.25) is 5.91 Å². The molecule has 6 heteroatoms. The van der Waals surface area contributed by atoms with E-state index in [0.717, 1.165) is 53.2 Å². The highest BCUT2D eigenvalue weighted by molar-refractivity contribution is 5.98. The van der Waals surface area contributed by atoms with Crippen LogP contribution in [0.1, 0.15) is 29.7 Å². The van der Waals surface area contributed by atoms with E-state index in [0.29, 0.717) is 13.0 Å². The van der Waals surface area contributed by atoms with Crippen LogP contribution in [-0.2, 0) is 11.2 Å². The number of ether oxygens (including phenoxy) is 1. The van der Waals surface area contributed by atoms with Gasteiger partial charge in [-0.3, -0.25) is 4.79 Å². The summed E-state index contributed by atoms with van der Waals surface area (Å²) in [6, 6.07) is 12.4. The Bertz CT molecular complexity index is 1100. The molecule has 3 aromatic rings. The van der Waals surface area contributed by atoms with Crippen molar-refractivity contribution in [3.8, 4) is 11.4 Å². The molecule has 0 saturated carbocycles. The highest BCUT2D eigenvalue weighted by Gasteiger charge is 2.23. The average Bonchev–Trinajstić information content (AvgIpc) is 3.21. The van der Waals surface area contributed by atoms with E-state index in [9.17, 15) is 9.18 Å². The second-order valence-corrected chi connectivity index (χ2v) is 7.80. The van der Waals surface area contributed by atoms with Gasteiger partial charge in [0.05, 0.1) is 24.8 Å². The normalized spacial score (nSPS) is 15.5. The lowest BCUT2D eigenvalue weighted by molar-refractivity contribution is -0.128. The molecule has 0 bridgehead atoms. The van der Waals surface area contributed by atoms with Gasteiger partial charge in [-0.05, 0) is 67.7 Å². The Morgan fingerprint density at radius 3 is 2.71 bits per heavy atom. The molecule has 160 valence electrons. The molecular formula is C25H26FN3O2. The zero-order valence-electron chi connectivity index (χ0n) is 17.8. The van der Waals surface area contributed by atoms with Crippen LogP contribution in [0.25, 0.3) is 11.8 Å². The van der Waals surface area contributed by atoms with E-state index in [2.05, 4.69) is 4.98 Å². The van der Waals surface area contributed by atoms with Crippen LogP contribution < -0.4 is 4.74 Å². The molecular weight excluding hydrogens is 393 g/mol. The molecule has 1 saturated heterocycles. The predicted octanol–water partition coefficient (Wildman–Crippen LogP) is 4.58. The molecule has 0 atom stereocenters. The number of aryl methyl sites for hydroxylation is 1. The molecule has 1 aromatic heterocycles. The fraction of sp³-hybridized carbons (Fsp3) is 0.280. The maximum absolute atomic E-state index is 13.1. The number of methoxy groups -OCH3 is 1. The summed E-state index contributed by atoms with van der Waals surface area (Å²) in [5, 5.41) is 0. The maximum Gasteiger partial charge on any atom is 0.249 e. The molecule has 1 aliphatic heterocycles. The molecule has 5 nitrogen and oxygen atoms in total. The smallest absolute Gasteiger partial charge is 0.249 e. The number of piperidine rings is 1. The molecule has 2 aromatic carbocycles. The van der Waals surface area contributed by atoms with Crippen molar-refractivity contribution in [1.82, 2.24) is 14.5 Å². The third-order valence-corrected chi connectivity index (χ3v) is 5.55. The lowest BCUT2D eigenvalue weighted by Crippen LogP contribution is -2.38. The Kier molecular flexibility index (Phi) is 6.16. The number of likely N-dealkylation sites (tertiary alicyclic amines) is 1. The molecule has 2 heterocycles. The molecule has 31 heavy (non-hydrogen) atoms. The number of nitrogens with zero attached hydrogens (tertiary/aromatic N) is 3. The Hall–Kier alpha value is -3.41. The highest BCUT2D eigenvalue weighted by atomic mass is 19.1. The summed E-state index contributed by atoms with van der Waals surface area (Å²) in [6.07, 6.45) is 8.07. The van der Waals surface area contributed by atoms with Gasteiger partial charge >= 0.3 is 0 Å². The summed E-state index contributed by atoms with van der Waals surface area (Å²) < 4.78 is 20.6. The molecule has 0 spiro atoms. The lowest BCUT2D eigenvalue weighted by Gasteiger charge is -2.28.